The third-order valence-corrected chi connectivity index (χ3v) is 4.10. The van der Waals surface area contributed by atoms with Gasteiger partial charge in [-0.3, -0.25) is 4.68 Å². The Balaban J connectivity index is 1.88. The van der Waals surface area contributed by atoms with Crippen LogP contribution in [-0.4, -0.2) is 16.3 Å². The van der Waals surface area contributed by atoms with Gasteiger partial charge in [0.15, 0.2) is 0 Å². The molecule has 2 rings (SSSR count). The van der Waals surface area contributed by atoms with Gasteiger partial charge in [-0.25, -0.2) is 0 Å². The predicted molar refractivity (Wildman–Crippen MR) is 75.5 cm³/mol. The molecule has 2 atom stereocenters. The fraction of sp³-hybridized carbons (Fsp3) is 0.800. The third-order valence-electron chi connectivity index (χ3n) is 4.10. The molecule has 0 bridgehead atoms. The highest BCUT2D eigenvalue weighted by molar-refractivity contribution is 4.99. The van der Waals surface area contributed by atoms with Crippen molar-refractivity contribution in [3.05, 3.63) is 18.0 Å². The summed E-state index contributed by atoms with van der Waals surface area (Å²) in [6, 6.07) is 2.81. The molecule has 3 nitrogen and oxygen atoms in total. The van der Waals surface area contributed by atoms with E-state index in [9.17, 15) is 0 Å². The van der Waals surface area contributed by atoms with Crippen LogP contribution in [0.25, 0.3) is 0 Å². The fourth-order valence-corrected chi connectivity index (χ4v) is 2.94. The molecule has 3 heteroatoms. The van der Waals surface area contributed by atoms with Crippen LogP contribution in [0, 0.1) is 5.92 Å². The van der Waals surface area contributed by atoms with Crippen LogP contribution in [0.15, 0.2) is 12.3 Å². The summed E-state index contributed by atoms with van der Waals surface area (Å²) >= 11 is 0. The van der Waals surface area contributed by atoms with Crippen molar-refractivity contribution in [3.8, 4) is 0 Å². The molecule has 1 aliphatic carbocycles. The van der Waals surface area contributed by atoms with Gasteiger partial charge in [-0.1, -0.05) is 33.1 Å². The van der Waals surface area contributed by atoms with Gasteiger partial charge in [-0.15, -0.1) is 0 Å². The zero-order chi connectivity index (χ0) is 12.8. The largest absolute Gasteiger partial charge is 0.311 e. The summed E-state index contributed by atoms with van der Waals surface area (Å²) in [5, 5.41) is 8.14. The molecule has 102 valence electrons. The van der Waals surface area contributed by atoms with Crippen LogP contribution in [-0.2, 0) is 6.54 Å². The highest BCUT2D eigenvalue weighted by atomic mass is 15.3. The summed E-state index contributed by atoms with van der Waals surface area (Å²) in [5.41, 5.74) is 1.18. The minimum absolute atomic E-state index is 0.642. The molecular weight excluding hydrogens is 222 g/mol. The van der Waals surface area contributed by atoms with Gasteiger partial charge in [0.2, 0.25) is 0 Å². The van der Waals surface area contributed by atoms with Gasteiger partial charge in [0.25, 0.3) is 0 Å². The molecule has 18 heavy (non-hydrogen) atoms. The van der Waals surface area contributed by atoms with E-state index in [1.165, 1.54) is 44.2 Å². The van der Waals surface area contributed by atoms with Gasteiger partial charge in [0.05, 0.1) is 11.7 Å². The van der Waals surface area contributed by atoms with Crippen LogP contribution >= 0.6 is 0 Å². The smallest absolute Gasteiger partial charge is 0.0762 e. The molecule has 1 aliphatic rings. The van der Waals surface area contributed by atoms with Crippen molar-refractivity contribution in [2.45, 2.75) is 65.0 Å². The summed E-state index contributed by atoms with van der Waals surface area (Å²) in [5.74, 6) is 0.912. The van der Waals surface area contributed by atoms with Gasteiger partial charge in [0, 0.05) is 12.7 Å². The van der Waals surface area contributed by atoms with Crippen LogP contribution in [0.2, 0.25) is 0 Å². The molecule has 1 aromatic rings. The fourth-order valence-electron chi connectivity index (χ4n) is 2.94. The number of nitrogens with zero attached hydrogens (tertiary/aromatic N) is 2. The maximum absolute atomic E-state index is 4.73. The monoisotopic (exact) mass is 249 g/mol. The second-order valence-electron chi connectivity index (χ2n) is 5.56. The SMILES string of the molecule is CCCNCc1ccn(C2CCCC(CC)C2)n1. The average molecular weight is 249 g/mol. The first-order valence-corrected chi connectivity index (χ1v) is 7.58. The Morgan fingerprint density at radius 2 is 2.28 bits per heavy atom. The second-order valence-corrected chi connectivity index (χ2v) is 5.56. The zero-order valence-electron chi connectivity index (χ0n) is 11.9. The van der Waals surface area contributed by atoms with E-state index in [1.54, 1.807) is 0 Å². The Hall–Kier alpha value is -0.830. The molecule has 0 radical (unpaired) electrons. The lowest BCUT2D eigenvalue weighted by atomic mass is 9.84. The first kappa shape index (κ1) is 13.6. The summed E-state index contributed by atoms with van der Waals surface area (Å²) in [4.78, 5) is 0. The van der Waals surface area contributed by atoms with Crippen LogP contribution in [0.4, 0.5) is 0 Å². The van der Waals surface area contributed by atoms with Crippen molar-refractivity contribution < 1.29 is 0 Å². The van der Waals surface area contributed by atoms with Crippen molar-refractivity contribution in [2.24, 2.45) is 5.92 Å². The Kier molecular flexibility index (Phi) is 5.24. The van der Waals surface area contributed by atoms with Crippen molar-refractivity contribution in [1.82, 2.24) is 15.1 Å². The van der Waals surface area contributed by atoms with Gasteiger partial charge < -0.3 is 5.32 Å². The van der Waals surface area contributed by atoms with Crippen LogP contribution in [0.5, 0.6) is 0 Å². The van der Waals surface area contributed by atoms with E-state index in [2.05, 4.69) is 36.1 Å². The summed E-state index contributed by atoms with van der Waals surface area (Å²) in [6.45, 7) is 6.49. The highest BCUT2D eigenvalue weighted by Gasteiger charge is 2.22. The van der Waals surface area contributed by atoms with Gasteiger partial charge in [-0.2, -0.15) is 5.10 Å². The van der Waals surface area contributed by atoms with Crippen molar-refractivity contribution in [3.63, 3.8) is 0 Å². The van der Waals surface area contributed by atoms with E-state index in [0.717, 1.165) is 19.0 Å². The molecule has 2 unspecified atom stereocenters. The van der Waals surface area contributed by atoms with E-state index in [0.29, 0.717) is 6.04 Å². The van der Waals surface area contributed by atoms with Gasteiger partial charge >= 0.3 is 0 Å². The van der Waals surface area contributed by atoms with Gasteiger partial charge in [-0.05, 0) is 37.8 Å². The lowest BCUT2D eigenvalue weighted by Crippen LogP contribution is -2.20. The maximum atomic E-state index is 4.73. The first-order valence-electron chi connectivity index (χ1n) is 7.58. The first-order chi connectivity index (χ1) is 8.83. The normalized spacial score (nSPS) is 24.3. The second kappa shape index (κ2) is 6.93. The quantitative estimate of drug-likeness (QED) is 0.782. The number of hydrogen-bond acceptors (Lipinski definition) is 2. The third kappa shape index (κ3) is 3.58. The molecular formula is C15H27N3. The Morgan fingerprint density at radius 3 is 3.06 bits per heavy atom. The molecule has 0 spiro atoms. The number of rotatable bonds is 6. The molecule has 1 heterocycles. The zero-order valence-corrected chi connectivity index (χ0v) is 11.9. The summed E-state index contributed by atoms with van der Waals surface area (Å²) in [6.07, 6.45) is 10.1. The van der Waals surface area contributed by atoms with E-state index < -0.39 is 0 Å². The lowest BCUT2D eigenvalue weighted by Gasteiger charge is -2.28. The van der Waals surface area contributed by atoms with E-state index in [1.807, 2.05) is 0 Å². The van der Waals surface area contributed by atoms with E-state index in [-0.39, 0.29) is 0 Å². The molecule has 0 aliphatic heterocycles. The Bertz CT molecular complexity index is 345. The molecule has 0 aromatic carbocycles. The predicted octanol–water partition coefficient (Wildman–Crippen LogP) is 3.52. The number of hydrogen-bond donors (Lipinski definition) is 1. The molecule has 1 aromatic heterocycles. The molecule has 1 fully saturated rings. The lowest BCUT2D eigenvalue weighted by molar-refractivity contribution is 0.247. The Morgan fingerprint density at radius 1 is 1.39 bits per heavy atom. The number of nitrogens with one attached hydrogen (secondary N) is 1. The van der Waals surface area contributed by atoms with E-state index >= 15 is 0 Å². The molecule has 1 N–H and O–H groups in total. The van der Waals surface area contributed by atoms with Crippen molar-refractivity contribution in [2.75, 3.05) is 6.54 Å². The van der Waals surface area contributed by atoms with Crippen LogP contribution in [0.1, 0.15) is 64.1 Å². The molecule has 1 saturated carbocycles. The minimum Gasteiger partial charge on any atom is -0.311 e. The maximum Gasteiger partial charge on any atom is 0.0762 e. The van der Waals surface area contributed by atoms with Crippen LogP contribution in [0.3, 0.4) is 0 Å². The minimum atomic E-state index is 0.642. The molecule has 0 amide bonds. The topological polar surface area (TPSA) is 29.9 Å². The summed E-state index contributed by atoms with van der Waals surface area (Å²) in [7, 11) is 0. The standard InChI is InChI=1S/C15H27N3/c1-3-9-16-12-14-8-10-18(17-14)15-7-5-6-13(4-2)11-15/h8,10,13,15-16H,3-7,9,11-12H2,1-2H3. The highest BCUT2D eigenvalue weighted by Crippen LogP contribution is 2.33. The Labute approximate surface area is 111 Å². The van der Waals surface area contributed by atoms with Crippen LogP contribution < -0.4 is 5.32 Å². The average Bonchev–Trinajstić information content (AvgIpc) is 2.88. The summed E-state index contributed by atoms with van der Waals surface area (Å²) < 4.78 is 2.21. The van der Waals surface area contributed by atoms with Gasteiger partial charge in [0.1, 0.15) is 0 Å². The molecule has 0 saturated heterocycles. The van der Waals surface area contributed by atoms with Crippen molar-refractivity contribution in [1.29, 1.82) is 0 Å². The van der Waals surface area contributed by atoms with E-state index in [4.69, 9.17) is 5.10 Å². The number of aromatic nitrogens is 2. The van der Waals surface area contributed by atoms with Crippen molar-refractivity contribution >= 4 is 0 Å².